The first kappa shape index (κ1) is 12.6. The van der Waals surface area contributed by atoms with Gasteiger partial charge in [0.1, 0.15) is 12.4 Å². The van der Waals surface area contributed by atoms with E-state index in [2.05, 4.69) is 15.2 Å². The summed E-state index contributed by atoms with van der Waals surface area (Å²) in [5.74, 6) is 0.328. The minimum absolute atomic E-state index is 0.259. The van der Waals surface area contributed by atoms with E-state index in [1.54, 1.807) is 23.1 Å². The molecular weight excluding hydrogens is 270 g/mol. The Kier molecular flexibility index (Phi) is 2.80. The fourth-order valence-electron chi connectivity index (χ4n) is 3.91. The molecule has 1 saturated carbocycles. The van der Waals surface area contributed by atoms with Gasteiger partial charge in [-0.3, -0.25) is 4.40 Å². The van der Waals surface area contributed by atoms with Gasteiger partial charge in [0.05, 0.1) is 0 Å². The van der Waals surface area contributed by atoms with E-state index < -0.39 is 12.0 Å². The van der Waals surface area contributed by atoms with Crippen molar-refractivity contribution < 1.29 is 9.90 Å². The average molecular weight is 287 g/mol. The van der Waals surface area contributed by atoms with Crippen molar-refractivity contribution in [3.63, 3.8) is 0 Å². The van der Waals surface area contributed by atoms with Crippen LogP contribution in [0.2, 0.25) is 0 Å². The lowest BCUT2D eigenvalue weighted by Gasteiger charge is -2.33. The maximum atomic E-state index is 11.7. The third-order valence-electron chi connectivity index (χ3n) is 4.81. The van der Waals surface area contributed by atoms with E-state index in [-0.39, 0.29) is 6.04 Å². The van der Waals surface area contributed by atoms with Crippen molar-refractivity contribution in [2.75, 3.05) is 4.90 Å². The minimum atomic E-state index is -0.771. The number of carbonyl (C=O) groups is 1. The van der Waals surface area contributed by atoms with Crippen LogP contribution in [0.4, 0.5) is 5.82 Å². The van der Waals surface area contributed by atoms with E-state index in [1.165, 1.54) is 6.42 Å². The van der Waals surface area contributed by atoms with Crippen LogP contribution in [0.1, 0.15) is 32.1 Å². The van der Waals surface area contributed by atoms with Crippen LogP contribution in [0, 0.1) is 5.92 Å². The molecule has 2 aliphatic rings. The lowest BCUT2D eigenvalue weighted by atomic mass is 9.85. The van der Waals surface area contributed by atoms with Gasteiger partial charge in [-0.15, -0.1) is 10.2 Å². The van der Waals surface area contributed by atoms with E-state index in [9.17, 15) is 9.90 Å². The van der Waals surface area contributed by atoms with E-state index in [1.807, 2.05) is 4.90 Å². The third-order valence-corrected chi connectivity index (χ3v) is 4.81. The van der Waals surface area contributed by atoms with Crippen molar-refractivity contribution in [2.45, 2.75) is 44.2 Å². The van der Waals surface area contributed by atoms with Crippen LogP contribution in [-0.2, 0) is 4.79 Å². The molecule has 0 aromatic carbocycles. The van der Waals surface area contributed by atoms with Gasteiger partial charge in [0.2, 0.25) is 5.65 Å². The molecule has 1 aliphatic carbocycles. The van der Waals surface area contributed by atoms with Gasteiger partial charge in [0.15, 0.2) is 5.82 Å². The highest BCUT2D eigenvalue weighted by atomic mass is 16.4. The fourth-order valence-corrected chi connectivity index (χ4v) is 3.91. The Morgan fingerprint density at radius 3 is 3.05 bits per heavy atom. The van der Waals surface area contributed by atoms with Crippen molar-refractivity contribution in [2.24, 2.45) is 5.92 Å². The third kappa shape index (κ3) is 1.87. The van der Waals surface area contributed by atoms with Crippen LogP contribution in [0.3, 0.4) is 0 Å². The Morgan fingerprint density at radius 2 is 2.19 bits per heavy atom. The van der Waals surface area contributed by atoms with Crippen LogP contribution in [0.5, 0.6) is 0 Å². The molecule has 1 N–H and O–H groups in total. The quantitative estimate of drug-likeness (QED) is 0.897. The summed E-state index contributed by atoms with van der Waals surface area (Å²) in [7, 11) is 0. The Balaban J connectivity index is 1.83. The van der Waals surface area contributed by atoms with E-state index in [0.29, 0.717) is 23.8 Å². The predicted octanol–water partition coefficient (Wildman–Crippen LogP) is 1.35. The number of nitrogens with zero attached hydrogens (tertiary/aromatic N) is 5. The maximum Gasteiger partial charge on any atom is 0.326 e. The van der Waals surface area contributed by atoms with Crippen LogP contribution in [0.25, 0.3) is 5.65 Å². The zero-order valence-corrected chi connectivity index (χ0v) is 11.6. The van der Waals surface area contributed by atoms with Gasteiger partial charge < -0.3 is 10.0 Å². The molecule has 3 unspecified atom stereocenters. The van der Waals surface area contributed by atoms with E-state index >= 15 is 0 Å². The molecule has 0 bridgehead atoms. The number of hydrogen-bond donors (Lipinski definition) is 1. The molecule has 2 aromatic heterocycles. The van der Waals surface area contributed by atoms with E-state index in [4.69, 9.17) is 0 Å². The summed E-state index contributed by atoms with van der Waals surface area (Å²) in [6.45, 7) is 0. The standard InChI is InChI=1S/C14H17N5O2/c20-14(21)11-7-9-3-1-2-4-10(9)19(11)12-13-17-16-8-18(13)6-5-15-12/h5-6,8-11H,1-4,7H2,(H,20,21). The molecule has 0 amide bonds. The molecule has 7 nitrogen and oxygen atoms in total. The van der Waals surface area contributed by atoms with Crippen molar-refractivity contribution >= 4 is 17.4 Å². The van der Waals surface area contributed by atoms with Gasteiger partial charge in [-0.25, -0.2) is 9.78 Å². The molecule has 3 atom stereocenters. The first-order valence-electron chi connectivity index (χ1n) is 7.41. The van der Waals surface area contributed by atoms with Crippen LogP contribution >= 0.6 is 0 Å². The number of anilines is 1. The topological polar surface area (TPSA) is 83.6 Å². The average Bonchev–Trinajstić information content (AvgIpc) is 3.11. The number of fused-ring (bicyclic) bond motifs is 2. The van der Waals surface area contributed by atoms with Crippen LogP contribution in [0.15, 0.2) is 18.7 Å². The molecule has 21 heavy (non-hydrogen) atoms. The van der Waals surface area contributed by atoms with Crippen molar-refractivity contribution in [3.8, 4) is 0 Å². The molecule has 0 spiro atoms. The first-order chi connectivity index (χ1) is 10.3. The Labute approximate surface area is 121 Å². The SMILES string of the molecule is O=C(O)C1CC2CCCCC2N1c1nccn2cnnc12. The molecule has 3 heterocycles. The maximum absolute atomic E-state index is 11.7. The summed E-state index contributed by atoms with van der Waals surface area (Å²) >= 11 is 0. The Hall–Kier alpha value is -2.18. The molecule has 4 rings (SSSR count). The highest BCUT2D eigenvalue weighted by molar-refractivity contribution is 5.81. The van der Waals surface area contributed by atoms with Crippen molar-refractivity contribution in [3.05, 3.63) is 18.7 Å². The summed E-state index contributed by atoms with van der Waals surface area (Å²) in [5.41, 5.74) is 0.634. The highest BCUT2D eigenvalue weighted by Crippen LogP contribution is 2.42. The van der Waals surface area contributed by atoms with Crippen molar-refractivity contribution in [1.29, 1.82) is 0 Å². The summed E-state index contributed by atoms with van der Waals surface area (Å²) in [6.07, 6.45) is 10.3. The zero-order valence-electron chi connectivity index (χ0n) is 11.6. The molecule has 1 saturated heterocycles. The fraction of sp³-hybridized carbons (Fsp3) is 0.571. The normalized spacial score (nSPS) is 28.8. The monoisotopic (exact) mass is 287 g/mol. The number of aliphatic carboxylic acids is 1. The second-order valence-corrected chi connectivity index (χ2v) is 5.92. The lowest BCUT2D eigenvalue weighted by Crippen LogP contribution is -2.43. The number of carboxylic acid groups (broad SMARTS) is 1. The number of carboxylic acids is 1. The van der Waals surface area contributed by atoms with Gasteiger partial charge in [-0.1, -0.05) is 12.8 Å². The smallest absolute Gasteiger partial charge is 0.326 e. The molecule has 1 aliphatic heterocycles. The number of rotatable bonds is 2. The molecule has 0 radical (unpaired) electrons. The summed E-state index contributed by atoms with van der Waals surface area (Å²) in [5, 5.41) is 17.6. The molecule has 7 heteroatoms. The first-order valence-corrected chi connectivity index (χ1v) is 7.41. The zero-order chi connectivity index (χ0) is 14.4. The summed E-state index contributed by atoms with van der Waals surface area (Å²) < 4.78 is 1.79. The van der Waals surface area contributed by atoms with Gasteiger partial charge in [0, 0.05) is 18.4 Å². The van der Waals surface area contributed by atoms with Gasteiger partial charge >= 0.3 is 5.97 Å². The lowest BCUT2D eigenvalue weighted by molar-refractivity contribution is -0.138. The molecule has 2 aromatic rings. The molecular formula is C14H17N5O2. The second-order valence-electron chi connectivity index (χ2n) is 5.92. The van der Waals surface area contributed by atoms with Crippen molar-refractivity contribution in [1.82, 2.24) is 19.6 Å². The molecule has 110 valence electrons. The Bertz CT molecular complexity index is 685. The highest BCUT2D eigenvalue weighted by Gasteiger charge is 2.46. The van der Waals surface area contributed by atoms with Gasteiger partial charge in [-0.05, 0) is 25.2 Å². The number of hydrogen-bond acceptors (Lipinski definition) is 5. The largest absolute Gasteiger partial charge is 0.480 e. The van der Waals surface area contributed by atoms with Crippen LogP contribution in [-0.4, -0.2) is 42.7 Å². The van der Waals surface area contributed by atoms with Crippen LogP contribution < -0.4 is 4.90 Å². The van der Waals surface area contributed by atoms with E-state index in [0.717, 1.165) is 19.3 Å². The second kappa shape index (κ2) is 4.68. The summed E-state index contributed by atoms with van der Waals surface area (Å²) in [6, 6.07) is -0.247. The minimum Gasteiger partial charge on any atom is -0.480 e. The number of aromatic nitrogens is 4. The Morgan fingerprint density at radius 1 is 1.33 bits per heavy atom. The summed E-state index contributed by atoms with van der Waals surface area (Å²) in [4.78, 5) is 18.1. The predicted molar refractivity (Wildman–Crippen MR) is 75.0 cm³/mol. The van der Waals surface area contributed by atoms with Gasteiger partial charge in [-0.2, -0.15) is 0 Å². The molecule has 2 fully saturated rings. The van der Waals surface area contributed by atoms with Gasteiger partial charge in [0.25, 0.3) is 0 Å².